The summed E-state index contributed by atoms with van der Waals surface area (Å²) in [5, 5.41) is 5.16. The van der Waals surface area contributed by atoms with Crippen LogP contribution < -0.4 is 0 Å². The molecular formula is C23H29N5O4. The van der Waals surface area contributed by atoms with Crippen molar-refractivity contribution >= 4 is 23.0 Å². The molecule has 0 radical (unpaired) electrons. The number of ether oxygens (including phenoxy) is 1. The molecule has 1 fully saturated rings. The number of hydrogen-bond acceptors (Lipinski definition) is 6. The van der Waals surface area contributed by atoms with E-state index in [9.17, 15) is 9.59 Å². The molecule has 32 heavy (non-hydrogen) atoms. The van der Waals surface area contributed by atoms with Gasteiger partial charge in [0.15, 0.2) is 11.4 Å². The van der Waals surface area contributed by atoms with Gasteiger partial charge in [0.05, 0.1) is 23.4 Å². The molecule has 0 unspecified atom stereocenters. The van der Waals surface area contributed by atoms with Gasteiger partial charge >= 0.3 is 6.09 Å². The zero-order valence-corrected chi connectivity index (χ0v) is 19.2. The lowest BCUT2D eigenvalue weighted by atomic mass is 10.1. The highest BCUT2D eigenvalue weighted by Crippen LogP contribution is 2.28. The van der Waals surface area contributed by atoms with Crippen molar-refractivity contribution in [1.29, 1.82) is 0 Å². The number of piperazine rings is 1. The number of carbonyl (C=O) groups excluding carboxylic acids is 2. The highest BCUT2D eigenvalue weighted by atomic mass is 16.6. The second-order valence-electron chi connectivity index (χ2n) is 9.21. The van der Waals surface area contributed by atoms with Crippen LogP contribution >= 0.6 is 0 Å². The molecule has 0 atom stereocenters. The van der Waals surface area contributed by atoms with Gasteiger partial charge in [0.25, 0.3) is 5.91 Å². The third kappa shape index (κ3) is 4.32. The Labute approximate surface area is 186 Å². The minimum absolute atomic E-state index is 0.0900. The summed E-state index contributed by atoms with van der Waals surface area (Å²) >= 11 is 0. The first-order chi connectivity index (χ1) is 15.1. The molecular weight excluding hydrogens is 410 g/mol. The predicted molar refractivity (Wildman–Crippen MR) is 119 cm³/mol. The van der Waals surface area contributed by atoms with Crippen molar-refractivity contribution in [1.82, 2.24) is 24.6 Å². The van der Waals surface area contributed by atoms with Gasteiger partial charge in [-0.15, -0.1) is 0 Å². The van der Waals surface area contributed by atoms with Crippen LogP contribution in [0.4, 0.5) is 4.79 Å². The maximum atomic E-state index is 13.5. The van der Waals surface area contributed by atoms with Crippen molar-refractivity contribution in [2.75, 3.05) is 26.2 Å². The molecule has 0 aromatic carbocycles. The van der Waals surface area contributed by atoms with Crippen LogP contribution in [0.1, 0.15) is 51.0 Å². The second kappa shape index (κ2) is 8.29. The summed E-state index contributed by atoms with van der Waals surface area (Å²) in [5.41, 5.74) is 1.20. The van der Waals surface area contributed by atoms with E-state index >= 15 is 0 Å². The molecule has 9 heteroatoms. The van der Waals surface area contributed by atoms with Crippen LogP contribution in [-0.2, 0) is 4.74 Å². The molecule has 0 saturated carbocycles. The van der Waals surface area contributed by atoms with Gasteiger partial charge in [0.1, 0.15) is 11.3 Å². The number of aromatic nitrogens is 3. The zero-order valence-electron chi connectivity index (χ0n) is 19.2. The number of nitrogens with zero attached hydrogens (tertiary/aromatic N) is 5. The van der Waals surface area contributed by atoms with Gasteiger partial charge in [-0.25, -0.2) is 14.5 Å². The average molecular weight is 440 g/mol. The van der Waals surface area contributed by atoms with Crippen LogP contribution in [0, 0.1) is 0 Å². The van der Waals surface area contributed by atoms with Crippen LogP contribution in [0.25, 0.3) is 22.5 Å². The van der Waals surface area contributed by atoms with Crippen LogP contribution in [0.2, 0.25) is 0 Å². The summed E-state index contributed by atoms with van der Waals surface area (Å²) in [4.78, 5) is 34.0. The SMILES string of the molecule is CC(C)n1ncc2c(C(=O)N3CCN(C(=O)OC(C)(C)C)CC3)cc(-c3ccco3)nc21. The first-order valence-corrected chi connectivity index (χ1v) is 10.8. The van der Waals surface area contributed by atoms with Gasteiger partial charge in [-0.2, -0.15) is 5.10 Å². The second-order valence-corrected chi connectivity index (χ2v) is 9.21. The number of amides is 2. The van der Waals surface area contributed by atoms with Crippen molar-refractivity contribution in [3.05, 3.63) is 36.2 Å². The van der Waals surface area contributed by atoms with Gasteiger partial charge in [-0.3, -0.25) is 4.79 Å². The van der Waals surface area contributed by atoms with E-state index in [-0.39, 0.29) is 18.0 Å². The Hall–Kier alpha value is -3.36. The molecule has 4 rings (SSSR count). The quantitative estimate of drug-likeness (QED) is 0.613. The molecule has 0 spiro atoms. The summed E-state index contributed by atoms with van der Waals surface area (Å²) in [5.74, 6) is 0.476. The molecule has 1 aliphatic rings. The highest BCUT2D eigenvalue weighted by Gasteiger charge is 2.29. The number of furan rings is 1. The van der Waals surface area contributed by atoms with E-state index in [4.69, 9.17) is 14.1 Å². The lowest BCUT2D eigenvalue weighted by molar-refractivity contribution is 0.0141. The van der Waals surface area contributed by atoms with E-state index in [2.05, 4.69) is 5.10 Å². The fourth-order valence-electron chi connectivity index (χ4n) is 3.71. The maximum Gasteiger partial charge on any atom is 0.410 e. The predicted octanol–water partition coefficient (Wildman–Crippen LogP) is 3.97. The molecule has 0 bridgehead atoms. The standard InChI is InChI=1S/C23H29N5O4/c1-15(2)28-20-17(14-24-28)16(13-18(25-20)19-7-6-12-31-19)21(29)26-8-10-27(11-9-26)22(30)32-23(3,4)5/h6-7,12-15H,8-11H2,1-5H3. The molecule has 2 amide bonds. The van der Waals surface area contributed by atoms with Crippen molar-refractivity contribution in [3.8, 4) is 11.5 Å². The lowest BCUT2D eigenvalue weighted by Gasteiger charge is -2.35. The summed E-state index contributed by atoms with van der Waals surface area (Å²) in [6.07, 6.45) is 2.92. The fraction of sp³-hybridized carbons (Fsp3) is 0.478. The molecule has 4 heterocycles. The Balaban J connectivity index is 1.61. The van der Waals surface area contributed by atoms with E-state index in [0.717, 1.165) is 0 Å². The topological polar surface area (TPSA) is 93.7 Å². The first-order valence-electron chi connectivity index (χ1n) is 10.8. The smallest absolute Gasteiger partial charge is 0.410 e. The summed E-state index contributed by atoms with van der Waals surface area (Å²) < 4.78 is 12.8. The molecule has 1 saturated heterocycles. The summed E-state index contributed by atoms with van der Waals surface area (Å²) in [6, 6.07) is 5.46. The van der Waals surface area contributed by atoms with Crippen molar-refractivity contribution in [2.24, 2.45) is 0 Å². The van der Waals surface area contributed by atoms with Gasteiger partial charge in [0.2, 0.25) is 0 Å². The first kappa shape index (κ1) is 21.9. The van der Waals surface area contributed by atoms with E-state index in [1.54, 1.807) is 39.1 Å². The monoisotopic (exact) mass is 439 g/mol. The molecule has 1 aliphatic heterocycles. The van der Waals surface area contributed by atoms with E-state index in [1.165, 1.54) is 0 Å². The van der Waals surface area contributed by atoms with Crippen LogP contribution in [0.5, 0.6) is 0 Å². The van der Waals surface area contributed by atoms with E-state index in [1.807, 2.05) is 40.7 Å². The van der Waals surface area contributed by atoms with Gasteiger partial charge in [0, 0.05) is 32.2 Å². The third-order valence-electron chi connectivity index (χ3n) is 5.28. The molecule has 0 N–H and O–H groups in total. The molecule has 0 aliphatic carbocycles. The number of pyridine rings is 1. The maximum absolute atomic E-state index is 13.5. The average Bonchev–Trinajstić information content (AvgIpc) is 3.41. The minimum Gasteiger partial charge on any atom is -0.463 e. The molecule has 9 nitrogen and oxygen atoms in total. The van der Waals surface area contributed by atoms with Crippen LogP contribution in [0.15, 0.2) is 35.1 Å². The molecule has 3 aromatic heterocycles. The third-order valence-corrected chi connectivity index (χ3v) is 5.28. The number of fused-ring (bicyclic) bond motifs is 1. The molecule has 3 aromatic rings. The van der Waals surface area contributed by atoms with Crippen LogP contribution in [0.3, 0.4) is 0 Å². The van der Waals surface area contributed by atoms with Crippen molar-refractivity contribution < 1.29 is 18.7 Å². The largest absolute Gasteiger partial charge is 0.463 e. The summed E-state index contributed by atoms with van der Waals surface area (Å²) in [6.45, 7) is 11.3. The van der Waals surface area contributed by atoms with Crippen molar-refractivity contribution in [2.45, 2.75) is 46.3 Å². The Morgan fingerprint density at radius 3 is 2.41 bits per heavy atom. The Morgan fingerprint density at radius 2 is 1.81 bits per heavy atom. The molecule has 170 valence electrons. The van der Waals surface area contributed by atoms with Gasteiger partial charge in [-0.1, -0.05) is 0 Å². The number of rotatable bonds is 3. The summed E-state index contributed by atoms with van der Waals surface area (Å²) in [7, 11) is 0. The van der Waals surface area contributed by atoms with Crippen LogP contribution in [-0.4, -0.2) is 68.3 Å². The lowest BCUT2D eigenvalue weighted by Crippen LogP contribution is -2.51. The number of hydrogen-bond donors (Lipinski definition) is 0. The normalized spacial score (nSPS) is 14.9. The zero-order chi connectivity index (χ0) is 23.0. The van der Waals surface area contributed by atoms with Gasteiger partial charge < -0.3 is 19.0 Å². The highest BCUT2D eigenvalue weighted by molar-refractivity contribution is 6.06. The van der Waals surface area contributed by atoms with Crippen molar-refractivity contribution in [3.63, 3.8) is 0 Å². The van der Waals surface area contributed by atoms with Gasteiger partial charge in [-0.05, 0) is 52.8 Å². The Bertz CT molecular complexity index is 1120. The fourth-order valence-corrected chi connectivity index (χ4v) is 3.71. The Morgan fingerprint density at radius 1 is 1.12 bits per heavy atom. The van der Waals surface area contributed by atoms with E-state index < -0.39 is 5.60 Å². The van der Waals surface area contributed by atoms with E-state index in [0.29, 0.717) is 54.2 Å². The minimum atomic E-state index is -0.550. The Kier molecular flexibility index (Phi) is 5.66. The number of carbonyl (C=O) groups is 2.